The molecular formula is C29H33N5O2. The van der Waals surface area contributed by atoms with Crippen LogP contribution in [0.25, 0.3) is 16.8 Å². The summed E-state index contributed by atoms with van der Waals surface area (Å²) < 4.78 is 1.88. The number of hydrogen-bond acceptors (Lipinski definition) is 3. The number of hydrogen-bond donors (Lipinski definition) is 3. The van der Waals surface area contributed by atoms with Crippen LogP contribution in [0.15, 0.2) is 67.1 Å². The predicted molar refractivity (Wildman–Crippen MR) is 146 cm³/mol. The Balaban J connectivity index is 1.62. The van der Waals surface area contributed by atoms with Crippen molar-refractivity contribution < 1.29 is 9.59 Å². The molecule has 0 atom stereocenters. The Labute approximate surface area is 212 Å². The Bertz CT molecular complexity index is 1400. The zero-order chi connectivity index (χ0) is 25.9. The first-order valence-corrected chi connectivity index (χ1v) is 12.2. The van der Waals surface area contributed by atoms with Gasteiger partial charge < -0.3 is 20.4 Å². The summed E-state index contributed by atoms with van der Waals surface area (Å²) in [7, 11) is 0. The highest BCUT2D eigenvalue weighted by Crippen LogP contribution is 2.32. The molecule has 2 aromatic carbocycles. The van der Waals surface area contributed by atoms with Gasteiger partial charge in [-0.3, -0.25) is 4.79 Å². The van der Waals surface area contributed by atoms with Crippen LogP contribution in [0, 0.1) is 6.92 Å². The molecule has 0 fully saturated rings. The van der Waals surface area contributed by atoms with Gasteiger partial charge in [-0.2, -0.15) is 0 Å². The van der Waals surface area contributed by atoms with Crippen LogP contribution in [-0.2, 0) is 5.41 Å². The van der Waals surface area contributed by atoms with Crippen LogP contribution in [0.2, 0.25) is 0 Å². The standard InChI is InChI=1S/C29H33N5O2/c1-6-14-31-28(36)33-25-17-21(18-34-16-15-30-26(25)34)23-8-7-9-24(19(23)2)32-27(35)20-10-12-22(13-11-20)29(3,4)5/h7-13,15-18H,6,14H2,1-5H3,(H,32,35)(H2,31,33,36). The van der Waals surface area contributed by atoms with Gasteiger partial charge in [-0.05, 0) is 59.7 Å². The average molecular weight is 484 g/mol. The summed E-state index contributed by atoms with van der Waals surface area (Å²) in [5.74, 6) is -0.157. The van der Waals surface area contributed by atoms with Crippen molar-refractivity contribution in [3.05, 3.63) is 83.8 Å². The molecule has 3 amide bonds. The lowest BCUT2D eigenvalue weighted by molar-refractivity contribution is 0.102. The molecule has 7 heteroatoms. The molecule has 7 nitrogen and oxygen atoms in total. The van der Waals surface area contributed by atoms with Crippen LogP contribution >= 0.6 is 0 Å². The predicted octanol–water partition coefficient (Wildman–Crippen LogP) is 6.39. The van der Waals surface area contributed by atoms with Crippen molar-refractivity contribution in [3.63, 3.8) is 0 Å². The number of urea groups is 1. The molecule has 0 aliphatic heterocycles. The molecule has 186 valence electrons. The van der Waals surface area contributed by atoms with Crippen LogP contribution < -0.4 is 16.0 Å². The molecule has 2 aromatic heterocycles. The third-order valence-electron chi connectivity index (χ3n) is 6.18. The van der Waals surface area contributed by atoms with Crippen molar-refractivity contribution in [2.75, 3.05) is 17.2 Å². The van der Waals surface area contributed by atoms with Gasteiger partial charge in [0.1, 0.15) is 0 Å². The molecule has 3 N–H and O–H groups in total. The molecule has 0 aliphatic carbocycles. The number of carbonyl (C=O) groups excluding carboxylic acids is 2. The van der Waals surface area contributed by atoms with E-state index in [1.807, 2.05) is 79.2 Å². The maximum absolute atomic E-state index is 13.0. The number of rotatable bonds is 6. The molecular weight excluding hydrogens is 450 g/mol. The number of benzene rings is 2. The van der Waals surface area contributed by atoms with Crippen molar-refractivity contribution in [3.8, 4) is 11.1 Å². The minimum Gasteiger partial charge on any atom is -0.338 e. The Hall–Kier alpha value is -4.13. The number of nitrogens with one attached hydrogen (secondary N) is 3. The van der Waals surface area contributed by atoms with Crippen LogP contribution in [0.5, 0.6) is 0 Å². The minimum absolute atomic E-state index is 0.0284. The Kier molecular flexibility index (Phi) is 7.10. The summed E-state index contributed by atoms with van der Waals surface area (Å²) in [6.07, 6.45) is 6.36. The highest BCUT2D eigenvalue weighted by Gasteiger charge is 2.16. The lowest BCUT2D eigenvalue weighted by Crippen LogP contribution is -2.29. The van der Waals surface area contributed by atoms with Crippen LogP contribution in [-0.4, -0.2) is 27.9 Å². The molecule has 4 rings (SSSR count). The zero-order valence-electron chi connectivity index (χ0n) is 21.5. The smallest absolute Gasteiger partial charge is 0.319 e. The Morgan fingerprint density at radius 2 is 1.75 bits per heavy atom. The fourth-order valence-corrected chi connectivity index (χ4v) is 4.08. The molecule has 2 heterocycles. The molecule has 0 bridgehead atoms. The van der Waals surface area contributed by atoms with Gasteiger partial charge in [0.25, 0.3) is 5.91 Å². The van der Waals surface area contributed by atoms with Gasteiger partial charge in [0, 0.05) is 41.9 Å². The van der Waals surface area contributed by atoms with Gasteiger partial charge in [0.15, 0.2) is 5.65 Å². The largest absolute Gasteiger partial charge is 0.338 e. The summed E-state index contributed by atoms with van der Waals surface area (Å²) in [6, 6.07) is 15.2. The number of fused-ring (bicyclic) bond motifs is 1. The van der Waals surface area contributed by atoms with Gasteiger partial charge in [-0.15, -0.1) is 0 Å². The maximum atomic E-state index is 13.0. The molecule has 0 spiro atoms. The first-order chi connectivity index (χ1) is 17.2. The van der Waals surface area contributed by atoms with Crippen LogP contribution in [0.1, 0.15) is 55.6 Å². The Morgan fingerprint density at radius 1 is 1.00 bits per heavy atom. The SMILES string of the molecule is CCCNC(=O)Nc1cc(-c2cccc(NC(=O)c3ccc(C(C)(C)C)cc3)c2C)cn2ccnc12. The first kappa shape index (κ1) is 25.0. The van der Waals surface area contributed by atoms with E-state index in [1.54, 1.807) is 6.20 Å². The molecule has 0 unspecified atom stereocenters. The van der Waals surface area contributed by atoms with Gasteiger partial charge >= 0.3 is 6.03 Å². The number of carbonyl (C=O) groups is 2. The second kappa shape index (κ2) is 10.2. The van der Waals surface area contributed by atoms with Crippen molar-refractivity contribution in [1.82, 2.24) is 14.7 Å². The minimum atomic E-state index is -0.269. The Morgan fingerprint density at radius 3 is 2.44 bits per heavy atom. The first-order valence-electron chi connectivity index (χ1n) is 12.2. The summed E-state index contributed by atoms with van der Waals surface area (Å²) in [4.78, 5) is 29.7. The molecule has 0 saturated carbocycles. The highest BCUT2D eigenvalue weighted by molar-refractivity contribution is 6.05. The summed E-state index contributed by atoms with van der Waals surface area (Å²) >= 11 is 0. The van der Waals surface area contributed by atoms with E-state index in [1.165, 1.54) is 5.56 Å². The maximum Gasteiger partial charge on any atom is 0.319 e. The van der Waals surface area contributed by atoms with Crippen molar-refractivity contribution in [1.29, 1.82) is 0 Å². The topological polar surface area (TPSA) is 87.5 Å². The summed E-state index contributed by atoms with van der Waals surface area (Å²) in [5, 5.41) is 8.81. The van der Waals surface area contributed by atoms with E-state index in [2.05, 4.69) is 41.7 Å². The molecule has 0 radical (unpaired) electrons. The third-order valence-corrected chi connectivity index (χ3v) is 6.18. The van der Waals surface area contributed by atoms with E-state index in [0.717, 1.165) is 28.8 Å². The lowest BCUT2D eigenvalue weighted by Gasteiger charge is -2.19. The number of amides is 3. The fraction of sp³-hybridized carbons (Fsp3) is 0.276. The number of pyridine rings is 1. The number of anilines is 2. The average Bonchev–Trinajstić information content (AvgIpc) is 3.32. The number of imidazole rings is 1. The molecule has 36 heavy (non-hydrogen) atoms. The second-order valence-corrected chi connectivity index (χ2v) is 9.94. The van der Waals surface area contributed by atoms with Crippen molar-refractivity contribution >= 4 is 29.0 Å². The lowest BCUT2D eigenvalue weighted by atomic mass is 9.86. The second-order valence-electron chi connectivity index (χ2n) is 9.94. The number of aromatic nitrogens is 2. The van der Waals surface area contributed by atoms with Gasteiger partial charge in [0.05, 0.1) is 5.69 Å². The van der Waals surface area contributed by atoms with Gasteiger partial charge in [-0.25, -0.2) is 9.78 Å². The summed E-state index contributed by atoms with van der Waals surface area (Å²) in [6.45, 7) is 11.0. The van der Waals surface area contributed by atoms with Crippen LogP contribution in [0.4, 0.5) is 16.2 Å². The van der Waals surface area contributed by atoms with E-state index in [9.17, 15) is 9.59 Å². The van der Waals surface area contributed by atoms with E-state index in [4.69, 9.17) is 0 Å². The van der Waals surface area contributed by atoms with Crippen LogP contribution in [0.3, 0.4) is 0 Å². The molecule has 0 saturated heterocycles. The third kappa shape index (κ3) is 5.40. The van der Waals surface area contributed by atoms with Crippen molar-refractivity contribution in [2.24, 2.45) is 0 Å². The normalized spacial score (nSPS) is 11.4. The van der Waals surface area contributed by atoms with E-state index < -0.39 is 0 Å². The van der Waals surface area contributed by atoms with Gasteiger partial charge in [0.2, 0.25) is 0 Å². The monoisotopic (exact) mass is 483 g/mol. The zero-order valence-corrected chi connectivity index (χ0v) is 21.5. The van der Waals surface area contributed by atoms with Gasteiger partial charge in [-0.1, -0.05) is 52.0 Å². The van der Waals surface area contributed by atoms with E-state index in [0.29, 0.717) is 23.4 Å². The van der Waals surface area contributed by atoms with E-state index >= 15 is 0 Å². The highest BCUT2D eigenvalue weighted by atomic mass is 16.2. The quantitative estimate of drug-likeness (QED) is 0.297. The number of nitrogens with zero attached hydrogens (tertiary/aromatic N) is 2. The molecule has 0 aliphatic rings. The van der Waals surface area contributed by atoms with Crippen molar-refractivity contribution in [2.45, 2.75) is 46.5 Å². The van der Waals surface area contributed by atoms with E-state index in [-0.39, 0.29) is 17.4 Å². The molecule has 4 aromatic rings. The summed E-state index contributed by atoms with van der Waals surface area (Å²) in [5.41, 5.74) is 6.59. The fourth-order valence-electron chi connectivity index (χ4n) is 4.08.